The quantitative estimate of drug-likeness (QED) is 0.257. The van der Waals surface area contributed by atoms with E-state index in [4.69, 9.17) is 14.2 Å². The van der Waals surface area contributed by atoms with Crippen molar-refractivity contribution in [1.82, 2.24) is 4.57 Å². The van der Waals surface area contributed by atoms with Gasteiger partial charge in [-0.1, -0.05) is 46.0 Å². The Kier molecular flexibility index (Phi) is 8.51. The second-order valence-electron chi connectivity index (χ2n) is 7.98. The zero-order chi connectivity index (χ0) is 26.7. The third kappa shape index (κ3) is 5.51. The van der Waals surface area contributed by atoms with E-state index in [1.54, 1.807) is 43.7 Å². The van der Waals surface area contributed by atoms with E-state index in [2.05, 4.69) is 43.4 Å². The Balaban J connectivity index is 1.95. The first-order chi connectivity index (χ1) is 17.8. The maximum Gasteiger partial charge on any atom is 0.338 e. The van der Waals surface area contributed by atoms with Crippen LogP contribution in [-0.4, -0.2) is 30.9 Å². The molecule has 3 aromatic rings. The summed E-state index contributed by atoms with van der Waals surface area (Å²) >= 11 is 8.27. The fourth-order valence-corrected chi connectivity index (χ4v) is 5.99. The molecule has 7 nitrogen and oxygen atoms in total. The number of aromatic nitrogens is 1. The van der Waals surface area contributed by atoms with Crippen molar-refractivity contribution in [2.24, 2.45) is 4.99 Å². The van der Waals surface area contributed by atoms with Crippen LogP contribution in [0, 0.1) is 0 Å². The molecule has 2 aromatic carbocycles. The van der Waals surface area contributed by atoms with Crippen LogP contribution in [0.3, 0.4) is 0 Å². The molecular weight excluding hydrogens is 624 g/mol. The Morgan fingerprint density at radius 2 is 1.97 bits per heavy atom. The Morgan fingerprint density at radius 3 is 2.65 bits per heavy atom. The average molecular weight is 648 g/mol. The van der Waals surface area contributed by atoms with Crippen molar-refractivity contribution >= 4 is 55.2 Å². The van der Waals surface area contributed by atoms with Crippen molar-refractivity contribution in [2.75, 3.05) is 20.3 Å². The van der Waals surface area contributed by atoms with Gasteiger partial charge in [-0.3, -0.25) is 9.36 Å². The van der Waals surface area contributed by atoms with Crippen LogP contribution in [0.1, 0.15) is 31.0 Å². The van der Waals surface area contributed by atoms with E-state index in [-0.39, 0.29) is 12.2 Å². The minimum atomic E-state index is -0.723. The van der Waals surface area contributed by atoms with Crippen molar-refractivity contribution in [3.63, 3.8) is 0 Å². The highest BCUT2D eigenvalue weighted by Gasteiger charge is 2.33. The maximum absolute atomic E-state index is 13.9. The second kappa shape index (κ2) is 11.6. The molecule has 0 amide bonds. The van der Waals surface area contributed by atoms with Crippen molar-refractivity contribution in [3.05, 3.63) is 100 Å². The van der Waals surface area contributed by atoms with Crippen molar-refractivity contribution in [2.45, 2.75) is 19.9 Å². The van der Waals surface area contributed by atoms with Gasteiger partial charge in [-0.2, -0.15) is 0 Å². The largest absolute Gasteiger partial charge is 0.496 e. The first kappa shape index (κ1) is 27.1. The summed E-state index contributed by atoms with van der Waals surface area (Å²) in [5.74, 6) is 0.742. The summed E-state index contributed by atoms with van der Waals surface area (Å²) in [6.07, 6.45) is 3.43. The lowest BCUT2D eigenvalue weighted by atomic mass is 9.96. The first-order valence-electron chi connectivity index (χ1n) is 11.3. The lowest BCUT2D eigenvalue weighted by Gasteiger charge is -2.25. The average Bonchev–Trinajstić information content (AvgIpc) is 3.17. The molecule has 1 aromatic heterocycles. The number of ether oxygens (including phenoxy) is 3. The van der Waals surface area contributed by atoms with Gasteiger partial charge >= 0.3 is 5.97 Å². The summed E-state index contributed by atoms with van der Waals surface area (Å²) in [6.45, 7) is 7.73. The number of hydrogen-bond acceptors (Lipinski definition) is 7. The van der Waals surface area contributed by atoms with Gasteiger partial charge in [0.05, 0.1) is 40.0 Å². The molecule has 2 heterocycles. The van der Waals surface area contributed by atoms with E-state index in [0.29, 0.717) is 43.2 Å². The van der Waals surface area contributed by atoms with E-state index >= 15 is 0 Å². The predicted octanol–water partition coefficient (Wildman–Crippen LogP) is 4.90. The van der Waals surface area contributed by atoms with E-state index in [0.717, 1.165) is 15.6 Å². The molecule has 0 fully saturated rings. The van der Waals surface area contributed by atoms with Gasteiger partial charge < -0.3 is 14.2 Å². The third-order valence-electron chi connectivity index (χ3n) is 5.62. The number of carbonyl (C=O) groups excluding carboxylic acids is 1. The SMILES string of the molecule is C=CCOc1ccc(Br)cc1/C=c1/sc2n(c1=O)[C@H](c1ccc(OC)c(Br)c1)C(C(=O)OCC)=C(C)N=2. The van der Waals surface area contributed by atoms with Gasteiger partial charge in [0.1, 0.15) is 18.1 Å². The standard InChI is InChI=1S/C27H24Br2N2O5S/c1-5-11-36-20-10-8-18(28)12-17(20)14-22-25(32)31-24(16-7-9-21(34-4)19(29)13-16)23(26(33)35-6-2)15(3)30-27(31)37-22/h5,7-10,12-14,24H,1,6,11H2,2-4H3/b22-14+/t24-/m1/s1. The van der Waals surface area contributed by atoms with E-state index in [9.17, 15) is 9.59 Å². The Bertz CT molecular complexity index is 1590. The number of esters is 1. The molecule has 0 N–H and O–H groups in total. The number of carbonyl (C=O) groups is 1. The summed E-state index contributed by atoms with van der Waals surface area (Å²) in [7, 11) is 1.58. The van der Waals surface area contributed by atoms with Gasteiger partial charge in [0.15, 0.2) is 4.80 Å². The number of thiazole rings is 1. The normalized spacial score (nSPS) is 15.2. The zero-order valence-corrected chi connectivity index (χ0v) is 24.4. The molecule has 0 unspecified atom stereocenters. The van der Waals surface area contributed by atoms with Crippen molar-refractivity contribution in [3.8, 4) is 11.5 Å². The van der Waals surface area contributed by atoms with Crippen LogP contribution in [0.4, 0.5) is 0 Å². The molecule has 10 heteroatoms. The molecule has 0 spiro atoms. The van der Waals surface area contributed by atoms with Crippen molar-refractivity contribution < 1.29 is 19.0 Å². The first-order valence-corrected chi connectivity index (χ1v) is 13.8. The topological polar surface area (TPSA) is 79.1 Å². The van der Waals surface area contributed by atoms with Gasteiger partial charge in [0, 0.05) is 10.0 Å². The van der Waals surface area contributed by atoms with Crippen LogP contribution >= 0.6 is 43.2 Å². The Morgan fingerprint density at radius 1 is 1.22 bits per heavy atom. The van der Waals surface area contributed by atoms with Crippen LogP contribution < -0.4 is 24.4 Å². The maximum atomic E-state index is 13.9. The molecule has 1 aliphatic rings. The van der Waals surface area contributed by atoms with E-state index < -0.39 is 12.0 Å². The highest BCUT2D eigenvalue weighted by atomic mass is 79.9. The monoisotopic (exact) mass is 646 g/mol. The third-order valence-corrected chi connectivity index (χ3v) is 7.72. The van der Waals surface area contributed by atoms with Crippen LogP contribution in [-0.2, 0) is 9.53 Å². The van der Waals surface area contributed by atoms with Crippen LogP contribution in [0.2, 0.25) is 0 Å². The molecule has 0 saturated carbocycles. The molecule has 1 aliphatic heterocycles. The number of benzene rings is 2. The summed E-state index contributed by atoms with van der Waals surface area (Å²) in [5, 5.41) is 0. The number of methoxy groups -OCH3 is 1. The van der Waals surface area contributed by atoms with Crippen LogP contribution in [0.15, 0.2) is 79.1 Å². The Hall–Kier alpha value is -2.95. The molecule has 4 rings (SSSR count). The fraction of sp³-hybridized carbons (Fsp3) is 0.222. The highest BCUT2D eigenvalue weighted by Crippen LogP contribution is 2.35. The molecule has 0 saturated heterocycles. The van der Waals surface area contributed by atoms with Crippen LogP contribution in [0.25, 0.3) is 6.08 Å². The Labute approximate surface area is 234 Å². The molecule has 192 valence electrons. The van der Waals surface area contributed by atoms with Gasteiger partial charge in [-0.25, -0.2) is 9.79 Å². The van der Waals surface area contributed by atoms with Gasteiger partial charge in [-0.15, -0.1) is 0 Å². The van der Waals surface area contributed by atoms with Crippen molar-refractivity contribution in [1.29, 1.82) is 0 Å². The minimum absolute atomic E-state index is 0.204. The summed E-state index contributed by atoms with van der Waals surface area (Å²) in [4.78, 5) is 32.0. The predicted molar refractivity (Wildman–Crippen MR) is 151 cm³/mol. The van der Waals surface area contributed by atoms with E-state index in [1.807, 2.05) is 30.3 Å². The lowest BCUT2D eigenvalue weighted by Crippen LogP contribution is -2.40. The molecule has 0 aliphatic carbocycles. The second-order valence-corrected chi connectivity index (χ2v) is 10.8. The summed E-state index contributed by atoms with van der Waals surface area (Å²) in [6, 6.07) is 10.3. The summed E-state index contributed by atoms with van der Waals surface area (Å²) < 4.78 is 20.1. The zero-order valence-electron chi connectivity index (χ0n) is 20.4. The molecular formula is C27H24Br2N2O5S. The smallest absolute Gasteiger partial charge is 0.338 e. The number of halogens is 2. The summed E-state index contributed by atoms with van der Waals surface area (Å²) in [5.41, 5.74) is 1.99. The number of rotatable bonds is 8. The minimum Gasteiger partial charge on any atom is -0.496 e. The van der Waals surface area contributed by atoms with Gasteiger partial charge in [-0.05, 0) is 71.7 Å². The van der Waals surface area contributed by atoms with Gasteiger partial charge in [0.25, 0.3) is 5.56 Å². The van der Waals surface area contributed by atoms with E-state index in [1.165, 1.54) is 11.3 Å². The lowest BCUT2D eigenvalue weighted by molar-refractivity contribution is -0.139. The fourth-order valence-electron chi connectivity index (χ4n) is 4.01. The molecule has 37 heavy (non-hydrogen) atoms. The number of hydrogen-bond donors (Lipinski definition) is 0. The number of fused-ring (bicyclic) bond motifs is 1. The number of allylic oxidation sites excluding steroid dienone is 1. The molecule has 1 atom stereocenters. The molecule has 0 radical (unpaired) electrons. The number of nitrogens with zero attached hydrogens (tertiary/aromatic N) is 2. The van der Waals surface area contributed by atoms with Gasteiger partial charge in [0.2, 0.25) is 0 Å². The highest BCUT2D eigenvalue weighted by molar-refractivity contribution is 9.10. The molecule has 0 bridgehead atoms. The van der Waals surface area contributed by atoms with Crippen LogP contribution in [0.5, 0.6) is 11.5 Å².